The number of rotatable bonds is 2. The van der Waals surface area contributed by atoms with E-state index >= 15 is 0 Å². The van der Waals surface area contributed by atoms with Crippen molar-refractivity contribution in [3.05, 3.63) is 59.2 Å². The molecule has 1 amide bonds. The largest absolute Gasteiger partial charge is 0.507 e. The summed E-state index contributed by atoms with van der Waals surface area (Å²) >= 11 is 0. The number of hydrogen-bond acceptors (Lipinski definition) is 3. The fourth-order valence-corrected chi connectivity index (χ4v) is 2.95. The molecule has 23 heavy (non-hydrogen) atoms. The van der Waals surface area contributed by atoms with E-state index in [1.54, 1.807) is 6.07 Å². The van der Waals surface area contributed by atoms with E-state index < -0.39 is 0 Å². The smallest absolute Gasteiger partial charge is 0.257 e. The SMILES string of the molecule is Cc1ccc(C(=O)N2CCN(c3ccccc3)CC2)c(O)c1C. The van der Waals surface area contributed by atoms with E-state index in [1.165, 1.54) is 5.69 Å². The highest BCUT2D eigenvalue weighted by Gasteiger charge is 2.24. The van der Waals surface area contributed by atoms with Gasteiger partial charge in [0.15, 0.2) is 0 Å². The van der Waals surface area contributed by atoms with Crippen LogP contribution in [-0.4, -0.2) is 42.1 Å². The molecule has 0 spiro atoms. The molecule has 2 aromatic rings. The number of anilines is 1. The number of phenolic OH excluding ortho intramolecular Hbond substituents is 1. The van der Waals surface area contributed by atoms with Crippen LogP contribution in [0.4, 0.5) is 5.69 Å². The lowest BCUT2D eigenvalue weighted by Crippen LogP contribution is -2.48. The van der Waals surface area contributed by atoms with Crippen molar-refractivity contribution < 1.29 is 9.90 Å². The minimum atomic E-state index is -0.0849. The van der Waals surface area contributed by atoms with E-state index in [0.717, 1.165) is 24.2 Å². The summed E-state index contributed by atoms with van der Waals surface area (Å²) in [7, 11) is 0. The molecule has 3 rings (SSSR count). The molecule has 0 aromatic heterocycles. The maximum Gasteiger partial charge on any atom is 0.257 e. The number of piperazine rings is 1. The van der Waals surface area contributed by atoms with Crippen LogP contribution in [0.1, 0.15) is 21.5 Å². The van der Waals surface area contributed by atoms with Crippen molar-refractivity contribution >= 4 is 11.6 Å². The Morgan fingerprint density at radius 1 is 0.957 bits per heavy atom. The van der Waals surface area contributed by atoms with Crippen LogP contribution in [0.3, 0.4) is 0 Å². The average molecular weight is 310 g/mol. The predicted molar refractivity (Wildman–Crippen MR) is 92.1 cm³/mol. The van der Waals surface area contributed by atoms with Gasteiger partial charge in [0.05, 0.1) is 5.56 Å². The zero-order valence-corrected chi connectivity index (χ0v) is 13.6. The molecule has 1 aliphatic heterocycles. The first-order chi connectivity index (χ1) is 11.1. The standard InChI is InChI=1S/C19H22N2O2/c1-14-8-9-17(18(22)15(14)2)19(23)21-12-10-20(11-13-21)16-6-4-3-5-7-16/h3-9,22H,10-13H2,1-2H3. The molecular formula is C19H22N2O2. The summed E-state index contributed by atoms with van der Waals surface area (Å²) in [5, 5.41) is 10.3. The normalized spacial score (nSPS) is 14.9. The van der Waals surface area contributed by atoms with Crippen LogP contribution in [0.25, 0.3) is 0 Å². The van der Waals surface area contributed by atoms with Crippen LogP contribution in [0.15, 0.2) is 42.5 Å². The molecule has 1 saturated heterocycles. The third-order valence-corrected chi connectivity index (χ3v) is 4.62. The summed E-state index contributed by atoms with van der Waals surface area (Å²) < 4.78 is 0. The van der Waals surface area contributed by atoms with Gasteiger partial charge in [-0.15, -0.1) is 0 Å². The summed E-state index contributed by atoms with van der Waals surface area (Å²) in [5.74, 6) is 0.0267. The molecular weight excluding hydrogens is 288 g/mol. The van der Waals surface area contributed by atoms with Crippen molar-refractivity contribution in [2.45, 2.75) is 13.8 Å². The van der Waals surface area contributed by atoms with E-state index in [2.05, 4.69) is 17.0 Å². The Balaban J connectivity index is 1.70. The monoisotopic (exact) mass is 310 g/mol. The lowest BCUT2D eigenvalue weighted by atomic mass is 10.0. The molecule has 0 radical (unpaired) electrons. The Morgan fingerprint density at radius 3 is 2.26 bits per heavy atom. The number of carbonyl (C=O) groups is 1. The second-order valence-electron chi connectivity index (χ2n) is 6.02. The molecule has 1 aliphatic rings. The second-order valence-corrected chi connectivity index (χ2v) is 6.02. The molecule has 0 aliphatic carbocycles. The lowest BCUT2D eigenvalue weighted by molar-refractivity contribution is 0.0743. The molecule has 1 heterocycles. The highest BCUT2D eigenvalue weighted by atomic mass is 16.3. The van der Waals surface area contributed by atoms with Gasteiger partial charge in [-0.25, -0.2) is 0 Å². The third-order valence-electron chi connectivity index (χ3n) is 4.62. The maximum atomic E-state index is 12.7. The summed E-state index contributed by atoms with van der Waals surface area (Å²) in [5.41, 5.74) is 3.36. The zero-order valence-electron chi connectivity index (χ0n) is 13.6. The summed E-state index contributed by atoms with van der Waals surface area (Å²) in [6.45, 7) is 6.72. The average Bonchev–Trinajstić information content (AvgIpc) is 2.60. The lowest BCUT2D eigenvalue weighted by Gasteiger charge is -2.36. The molecule has 0 saturated carbocycles. The number of benzene rings is 2. The van der Waals surface area contributed by atoms with Crippen LogP contribution < -0.4 is 4.90 Å². The van der Waals surface area contributed by atoms with Crippen molar-refractivity contribution in [2.75, 3.05) is 31.1 Å². The fourth-order valence-electron chi connectivity index (χ4n) is 2.95. The van der Waals surface area contributed by atoms with E-state index in [0.29, 0.717) is 18.7 Å². The van der Waals surface area contributed by atoms with Crippen LogP contribution in [0, 0.1) is 13.8 Å². The van der Waals surface area contributed by atoms with Gasteiger partial charge >= 0.3 is 0 Å². The Kier molecular flexibility index (Phi) is 4.24. The third kappa shape index (κ3) is 3.02. The van der Waals surface area contributed by atoms with Gasteiger partial charge in [0.2, 0.25) is 0 Å². The van der Waals surface area contributed by atoms with Crippen LogP contribution in [-0.2, 0) is 0 Å². The van der Waals surface area contributed by atoms with Crippen molar-refractivity contribution in [3.63, 3.8) is 0 Å². The highest BCUT2D eigenvalue weighted by Crippen LogP contribution is 2.26. The van der Waals surface area contributed by atoms with Crippen molar-refractivity contribution in [2.24, 2.45) is 0 Å². The topological polar surface area (TPSA) is 43.8 Å². The molecule has 120 valence electrons. The molecule has 4 nitrogen and oxygen atoms in total. The van der Waals surface area contributed by atoms with E-state index in [9.17, 15) is 9.90 Å². The highest BCUT2D eigenvalue weighted by molar-refractivity contribution is 5.97. The van der Waals surface area contributed by atoms with Crippen LogP contribution >= 0.6 is 0 Å². The van der Waals surface area contributed by atoms with Gasteiger partial charge in [-0.2, -0.15) is 0 Å². The van der Waals surface area contributed by atoms with E-state index in [4.69, 9.17) is 0 Å². The molecule has 1 fully saturated rings. The number of phenols is 1. The Bertz CT molecular complexity index is 705. The second kappa shape index (κ2) is 6.32. The minimum absolute atomic E-state index is 0.0849. The maximum absolute atomic E-state index is 12.7. The van der Waals surface area contributed by atoms with Gasteiger partial charge in [-0.3, -0.25) is 4.79 Å². The molecule has 0 unspecified atom stereocenters. The number of aryl methyl sites for hydroxylation is 1. The summed E-state index contributed by atoms with van der Waals surface area (Å²) in [4.78, 5) is 16.8. The molecule has 1 N–H and O–H groups in total. The van der Waals surface area contributed by atoms with Gasteiger partial charge < -0.3 is 14.9 Å². The van der Waals surface area contributed by atoms with E-state index in [-0.39, 0.29) is 11.7 Å². The van der Waals surface area contributed by atoms with Gasteiger partial charge in [0, 0.05) is 31.9 Å². The molecule has 0 atom stereocenters. The first-order valence-corrected chi connectivity index (χ1v) is 7.96. The number of hydrogen-bond donors (Lipinski definition) is 1. The van der Waals surface area contributed by atoms with Gasteiger partial charge in [0.25, 0.3) is 5.91 Å². The van der Waals surface area contributed by atoms with Gasteiger partial charge in [-0.05, 0) is 43.2 Å². The zero-order chi connectivity index (χ0) is 16.4. The van der Waals surface area contributed by atoms with Gasteiger partial charge in [-0.1, -0.05) is 24.3 Å². The first kappa shape index (κ1) is 15.4. The molecule has 4 heteroatoms. The fraction of sp³-hybridized carbons (Fsp3) is 0.316. The number of para-hydroxylation sites is 1. The number of carbonyl (C=O) groups excluding carboxylic acids is 1. The Morgan fingerprint density at radius 2 is 1.61 bits per heavy atom. The number of nitrogens with zero attached hydrogens (tertiary/aromatic N) is 2. The van der Waals surface area contributed by atoms with Crippen molar-refractivity contribution in [1.82, 2.24) is 4.90 Å². The van der Waals surface area contributed by atoms with Crippen molar-refractivity contribution in [3.8, 4) is 5.75 Å². The first-order valence-electron chi connectivity index (χ1n) is 7.96. The Labute approximate surface area is 137 Å². The summed E-state index contributed by atoms with van der Waals surface area (Å²) in [6, 6.07) is 13.9. The predicted octanol–water partition coefficient (Wildman–Crippen LogP) is 2.97. The minimum Gasteiger partial charge on any atom is -0.507 e. The Hall–Kier alpha value is -2.49. The van der Waals surface area contributed by atoms with Crippen LogP contribution in [0.5, 0.6) is 5.75 Å². The van der Waals surface area contributed by atoms with Gasteiger partial charge in [0.1, 0.15) is 5.75 Å². The van der Waals surface area contributed by atoms with Crippen molar-refractivity contribution in [1.29, 1.82) is 0 Å². The summed E-state index contributed by atoms with van der Waals surface area (Å²) in [6.07, 6.45) is 0. The molecule has 0 bridgehead atoms. The number of amides is 1. The molecule has 2 aromatic carbocycles. The van der Waals surface area contributed by atoms with E-state index in [1.807, 2.05) is 43.0 Å². The quantitative estimate of drug-likeness (QED) is 0.927. The van der Waals surface area contributed by atoms with Crippen LogP contribution in [0.2, 0.25) is 0 Å². The number of aromatic hydroxyl groups is 1.